The van der Waals surface area contributed by atoms with Crippen LogP contribution in [0.1, 0.15) is 42.9 Å². The highest BCUT2D eigenvalue weighted by Gasteiger charge is 2.52. The standard InChI is InChI=1S/C43H41N4O12P/c1-3-26-55-60(53,46-33(42(51)54-2)27-29-16-8-4-9-17-29)56-28-34-36(58-40(49)31-20-12-6-13-21-31)37(59-41(50)32-22-14-7-15-23-32)39(57-34)47-25-24-35(45-43(47)52)44-38(48)30-18-10-5-11-19-30/h3-25,33-34,36-37,39H,1,26-28H2,2H3,(H,46,53)(H,44,45,48,52)/t33-,34+,36+,37+,39+,60?/m0/s1. The largest absolute Gasteiger partial charge is 0.468 e. The Kier molecular flexibility index (Phi) is 14.7. The van der Waals surface area contributed by atoms with Crippen LogP contribution >= 0.6 is 7.75 Å². The molecule has 6 atom stereocenters. The number of amides is 1. The van der Waals surface area contributed by atoms with E-state index in [0.29, 0.717) is 11.1 Å². The van der Waals surface area contributed by atoms with E-state index in [2.05, 4.69) is 22.0 Å². The topological polar surface area (TPSA) is 200 Å². The lowest BCUT2D eigenvalue weighted by atomic mass is 10.1. The van der Waals surface area contributed by atoms with E-state index in [9.17, 15) is 28.5 Å². The third kappa shape index (κ3) is 11.1. The molecule has 0 radical (unpaired) electrons. The van der Waals surface area contributed by atoms with Crippen molar-refractivity contribution in [2.45, 2.75) is 37.0 Å². The average Bonchev–Trinajstić information content (AvgIpc) is 3.60. The van der Waals surface area contributed by atoms with Crippen LogP contribution in [-0.4, -0.2) is 78.0 Å². The second-order valence-electron chi connectivity index (χ2n) is 13.1. The third-order valence-electron chi connectivity index (χ3n) is 9.03. The van der Waals surface area contributed by atoms with Gasteiger partial charge in [-0.1, -0.05) is 91.0 Å². The predicted octanol–water partition coefficient (Wildman–Crippen LogP) is 5.55. The lowest BCUT2D eigenvalue weighted by Crippen LogP contribution is -2.43. The van der Waals surface area contributed by atoms with E-state index in [4.69, 9.17) is 28.0 Å². The molecule has 1 saturated heterocycles. The van der Waals surface area contributed by atoms with Crippen molar-refractivity contribution in [3.63, 3.8) is 0 Å². The number of methoxy groups -OCH3 is 1. The summed E-state index contributed by atoms with van der Waals surface area (Å²) in [6.45, 7) is 2.66. The van der Waals surface area contributed by atoms with Crippen molar-refractivity contribution < 1.29 is 51.7 Å². The Labute approximate surface area is 344 Å². The molecule has 1 amide bonds. The number of anilines is 1. The van der Waals surface area contributed by atoms with Crippen molar-refractivity contribution >= 4 is 37.4 Å². The van der Waals surface area contributed by atoms with Crippen molar-refractivity contribution in [2.24, 2.45) is 0 Å². The van der Waals surface area contributed by atoms with Gasteiger partial charge in [-0.3, -0.25) is 23.2 Å². The summed E-state index contributed by atoms with van der Waals surface area (Å²) in [5, 5.41) is 5.23. The van der Waals surface area contributed by atoms with Crippen LogP contribution < -0.4 is 16.1 Å². The zero-order valence-corrected chi connectivity index (χ0v) is 33.1. The number of benzene rings is 4. The number of aromatic nitrogens is 2. The van der Waals surface area contributed by atoms with E-state index in [0.717, 1.165) is 4.57 Å². The molecule has 1 unspecified atom stereocenters. The van der Waals surface area contributed by atoms with Crippen LogP contribution in [0.5, 0.6) is 0 Å². The molecule has 0 saturated carbocycles. The van der Waals surface area contributed by atoms with Crippen LogP contribution in [-0.2, 0) is 43.8 Å². The second-order valence-corrected chi connectivity index (χ2v) is 14.9. The van der Waals surface area contributed by atoms with Gasteiger partial charge in [0.25, 0.3) is 5.91 Å². The number of ether oxygens (including phenoxy) is 4. The highest BCUT2D eigenvalue weighted by molar-refractivity contribution is 7.51. The summed E-state index contributed by atoms with van der Waals surface area (Å²) in [7, 11) is -3.31. The smallest absolute Gasteiger partial charge is 0.406 e. The summed E-state index contributed by atoms with van der Waals surface area (Å²) >= 11 is 0. The van der Waals surface area contributed by atoms with Crippen LogP contribution in [0.25, 0.3) is 0 Å². The number of nitrogens with one attached hydrogen (secondary N) is 2. The van der Waals surface area contributed by atoms with Crippen molar-refractivity contribution in [1.29, 1.82) is 0 Å². The highest BCUT2D eigenvalue weighted by Crippen LogP contribution is 2.46. The van der Waals surface area contributed by atoms with Crippen molar-refractivity contribution in [3.05, 3.63) is 179 Å². The van der Waals surface area contributed by atoms with E-state index in [1.54, 1.807) is 97.1 Å². The van der Waals surface area contributed by atoms with Gasteiger partial charge in [0.1, 0.15) is 18.0 Å². The zero-order chi connectivity index (χ0) is 42.5. The summed E-state index contributed by atoms with van der Waals surface area (Å²) in [6.07, 6.45) is -3.40. The molecule has 16 nitrogen and oxygen atoms in total. The minimum absolute atomic E-state index is 0.0346. The molecule has 1 aliphatic rings. The average molecular weight is 837 g/mol. The van der Waals surface area contributed by atoms with Gasteiger partial charge in [-0.2, -0.15) is 4.98 Å². The Bertz CT molecular complexity index is 2370. The first-order chi connectivity index (χ1) is 29.1. The molecule has 1 aliphatic heterocycles. The van der Waals surface area contributed by atoms with Gasteiger partial charge in [-0.25, -0.2) is 24.0 Å². The van der Waals surface area contributed by atoms with Crippen molar-refractivity contribution in [2.75, 3.05) is 25.6 Å². The first kappa shape index (κ1) is 43.0. The number of esters is 3. The number of carbonyl (C=O) groups is 4. The first-order valence-electron chi connectivity index (χ1n) is 18.6. The van der Waals surface area contributed by atoms with Gasteiger partial charge in [0.2, 0.25) is 0 Å². The van der Waals surface area contributed by atoms with Gasteiger partial charge in [-0.05, 0) is 54.4 Å². The third-order valence-corrected chi connectivity index (χ3v) is 10.6. The zero-order valence-electron chi connectivity index (χ0n) is 32.2. The molecule has 310 valence electrons. The predicted molar refractivity (Wildman–Crippen MR) is 217 cm³/mol. The maximum atomic E-state index is 14.4. The van der Waals surface area contributed by atoms with E-state index in [1.807, 2.05) is 0 Å². The molecule has 6 rings (SSSR count). The summed E-state index contributed by atoms with van der Waals surface area (Å²) < 4.78 is 50.2. The van der Waals surface area contributed by atoms with E-state index in [-0.39, 0.29) is 30.0 Å². The van der Waals surface area contributed by atoms with Crippen LogP contribution in [0.4, 0.5) is 5.82 Å². The lowest BCUT2D eigenvalue weighted by molar-refractivity contribution is -0.142. The molecule has 60 heavy (non-hydrogen) atoms. The Morgan fingerprint density at radius 3 is 1.90 bits per heavy atom. The molecule has 2 heterocycles. The van der Waals surface area contributed by atoms with Crippen molar-refractivity contribution in [3.8, 4) is 0 Å². The first-order valence-corrected chi connectivity index (χ1v) is 20.1. The maximum absolute atomic E-state index is 14.4. The van der Waals surface area contributed by atoms with E-state index >= 15 is 0 Å². The minimum Gasteiger partial charge on any atom is -0.468 e. The van der Waals surface area contributed by atoms with Gasteiger partial charge in [0.05, 0.1) is 31.5 Å². The van der Waals surface area contributed by atoms with Crippen LogP contribution in [0.15, 0.2) is 151 Å². The minimum atomic E-state index is -4.48. The quantitative estimate of drug-likeness (QED) is 0.0482. The fourth-order valence-electron chi connectivity index (χ4n) is 6.12. The number of carbonyl (C=O) groups excluding carboxylic acids is 4. The Balaban J connectivity index is 1.35. The van der Waals surface area contributed by atoms with Gasteiger partial charge in [0, 0.05) is 11.8 Å². The van der Waals surface area contributed by atoms with Crippen LogP contribution in [0, 0.1) is 0 Å². The van der Waals surface area contributed by atoms with Crippen LogP contribution in [0.3, 0.4) is 0 Å². The van der Waals surface area contributed by atoms with Gasteiger partial charge >= 0.3 is 31.3 Å². The molecule has 1 aromatic heterocycles. The van der Waals surface area contributed by atoms with Gasteiger partial charge in [-0.15, -0.1) is 6.58 Å². The molecular weight excluding hydrogens is 795 g/mol. The summed E-state index contributed by atoms with van der Waals surface area (Å²) in [5.41, 5.74) is 0.355. The Morgan fingerprint density at radius 1 is 0.800 bits per heavy atom. The van der Waals surface area contributed by atoms with Crippen LogP contribution in [0.2, 0.25) is 0 Å². The summed E-state index contributed by atoms with van der Waals surface area (Å²) in [4.78, 5) is 70.8. The molecule has 17 heteroatoms. The molecule has 5 aromatic rings. The number of nitrogens with zero attached hydrogens (tertiary/aromatic N) is 2. The number of rotatable bonds is 18. The molecule has 4 aromatic carbocycles. The molecule has 1 fully saturated rings. The fraction of sp³-hybridized carbons (Fsp3) is 0.209. The number of hydrogen-bond acceptors (Lipinski definition) is 13. The highest BCUT2D eigenvalue weighted by atomic mass is 31.2. The van der Waals surface area contributed by atoms with E-state index < -0.39 is 74.4 Å². The lowest BCUT2D eigenvalue weighted by Gasteiger charge is -2.27. The van der Waals surface area contributed by atoms with Crippen molar-refractivity contribution in [1.82, 2.24) is 14.6 Å². The summed E-state index contributed by atoms with van der Waals surface area (Å²) in [6, 6.07) is 33.2. The number of hydrogen-bond donors (Lipinski definition) is 2. The maximum Gasteiger partial charge on any atom is 0.406 e. The second kappa shape index (κ2) is 20.4. The SMILES string of the molecule is C=CCOP(=O)(N[C@@H](Cc1ccccc1)C(=O)OC)OC[C@H]1O[C@@H](n2ccc(NC(=O)c3ccccc3)nc2=O)[C@H](OC(=O)c2ccccc2)[C@@H]1OC(=O)c1ccccc1. The van der Waals surface area contributed by atoms with Gasteiger partial charge in [0.15, 0.2) is 18.4 Å². The Hall–Kier alpha value is -6.55. The Morgan fingerprint density at radius 2 is 1.35 bits per heavy atom. The molecular formula is C43H41N4O12P. The summed E-state index contributed by atoms with van der Waals surface area (Å²) in [5.74, 6) is -3.08. The van der Waals surface area contributed by atoms with Gasteiger partial charge < -0.3 is 24.3 Å². The molecule has 2 N–H and O–H groups in total. The fourth-order valence-corrected chi connectivity index (χ4v) is 7.57. The normalized spacial score (nSPS) is 18.6. The molecule has 0 aliphatic carbocycles. The monoisotopic (exact) mass is 836 g/mol. The molecule has 0 spiro atoms. The molecule has 0 bridgehead atoms. The van der Waals surface area contributed by atoms with E-state index in [1.165, 1.54) is 49.7 Å².